The lowest BCUT2D eigenvalue weighted by Gasteiger charge is -2.11. The van der Waals surface area contributed by atoms with Crippen LogP contribution < -0.4 is 14.9 Å². The fourth-order valence-electron chi connectivity index (χ4n) is 3.95. The van der Waals surface area contributed by atoms with E-state index in [9.17, 15) is 4.79 Å². The van der Waals surface area contributed by atoms with Gasteiger partial charge in [-0.1, -0.05) is 56.3 Å². The summed E-state index contributed by atoms with van der Waals surface area (Å²) in [4.78, 5) is 17.9. The zero-order valence-corrected chi connectivity index (χ0v) is 19.1. The molecule has 6 nitrogen and oxygen atoms in total. The molecule has 1 amide bonds. The third kappa shape index (κ3) is 4.35. The summed E-state index contributed by atoms with van der Waals surface area (Å²) in [7, 11) is 0. The number of nitrogens with one attached hydrogen (secondary N) is 1. The molecule has 1 N–H and O–H groups in total. The van der Waals surface area contributed by atoms with E-state index in [0.717, 1.165) is 34.1 Å². The molecule has 0 radical (unpaired) electrons. The van der Waals surface area contributed by atoms with E-state index in [4.69, 9.17) is 14.5 Å². The van der Waals surface area contributed by atoms with Crippen LogP contribution in [-0.4, -0.2) is 23.9 Å². The summed E-state index contributed by atoms with van der Waals surface area (Å²) in [6.45, 7) is 4.61. The molecule has 1 atom stereocenters. The molecular formula is C28H25N3O3. The lowest BCUT2D eigenvalue weighted by molar-refractivity contribution is 0.0956. The number of amides is 1. The Balaban J connectivity index is 1.42. The number of carbonyl (C=O) groups excluding carboxylic acids is 1. The summed E-state index contributed by atoms with van der Waals surface area (Å²) in [5.41, 5.74) is 7.74. The second-order valence-electron chi connectivity index (χ2n) is 8.32. The highest BCUT2D eigenvalue weighted by atomic mass is 16.7. The van der Waals surface area contributed by atoms with Crippen molar-refractivity contribution in [1.82, 2.24) is 10.4 Å². The third-order valence-electron chi connectivity index (χ3n) is 6.13. The molecule has 5 rings (SSSR count). The number of benzene rings is 3. The van der Waals surface area contributed by atoms with Crippen molar-refractivity contribution in [2.45, 2.75) is 26.2 Å². The molecule has 170 valence electrons. The van der Waals surface area contributed by atoms with Crippen molar-refractivity contribution < 1.29 is 14.3 Å². The minimum Gasteiger partial charge on any atom is -0.454 e. The van der Waals surface area contributed by atoms with Gasteiger partial charge in [0.1, 0.15) is 0 Å². The Morgan fingerprint density at radius 1 is 1.06 bits per heavy atom. The van der Waals surface area contributed by atoms with E-state index >= 15 is 0 Å². The molecule has 0 saturated heterocycles. The lowest BCUT2D eigenvalue weighted by atomic mass is 9.96. The van der Waals surface area contributed by atoms with Gasteiger partial charge in [0, 0.05) is 10.9 Å². The number of carbonyl (C=O) groups is 1. The first-order valence-electron chi connectivity index (χ1n) is 11.4. The van der Waals surface area contributed by atoms with Gasteiger partial charge in [-0.25, -0.2) is 10.4 Å². The number of rotatable bonds is 6. The Bertz CT molecular complexity index is 1380. The number of hydrogen-bond donors (Lipinski definition) is 1. The molecule has 1 aliphatic heterocycles. The van der Waals surface area contributed by atoms with E-state index in [-0.39, 0.29) is 12.7 Å². The number of hydrazone groups is 1. The van der Waals surface area contributed by atoms with Crippen LogP contribution >= 0.6 is 0 Å². The molecule has 6 heteroatoms. The first-order valence-corrected chi connectivity index (χ1v) is 11.4. The Labute approximate surface area is 198 Å². The van der Waals surface area contributed by atoms with Crippen molar-refractivity contribution in [3.63, 3.8) is 0 Å². The molecule has 0 unspecified atom stereocenters. The van der Waals surface area contributed by atoms with Crippen molar-refractivity contribution in [1.29, 1.82) is 0 Å². The van der Waals surface area contributed by atoms with Crippen LogP contribution in [0.3, 0.4) is 0 Å². The van der Waals surface area contributed by atoms with Crippen LogP contribution in [0.2, 0.25) is 0 Å². The number of nitrogens with zero attached hydrogens (tertiary/aromatic N) is 2. The van der Waals surface area contributed by atoms with Crippen molar-refractivity contribution >= 4 is 23.0 Å². The molecule has 1 aromatic heterocycles. The lowest BCUT2D eigenvalue weighted by Crippen LogP contribution is -2.18. The van der Waals surface area contributed by atoms with Crippen LogP contribution in [0.15, 0.2) is 77.9 Å². The molecule has 2 heterocycles. The van der Waals surface area contributed by atoms with Crippen molar-refractivity contribution in [2.75, 3.05) is 6.79 Å². The summed E-state index contributed by atoms with van der Waals surface area (Å²) < 4.78 is 10.7. The zero-order valence-electron chi connectivity index (χ0n) is 19.1. The van der Waals surface area contributed by atoms with E-state index in [1.165, 1.54) is 5.56 Å². The van der Waals surface area contributed by atoms with Crippen molar-refractivity contribution in [3.05, 3.63) is 89.5 Å². The van der Waals surface area contributed by atoms with E-state index in [1.54, 1.807) is 6.21 Å². The van der Waals surface area contributed by atoms with Gasteiger partial charge in [0.05, 0.1) is 23.0 Å². The van der Waals surface area contributed by atoms with Gasteiger partial charge in [0.15, 0.2) is 11.5 Å². The molecular weight excluding hydrogens is 426 g/mol. The van der Waals surface area contributed by atoms with E-state index in [1.807, 2.05) is 48.5 Å². The van der Waals surface area contributed by atoms with Crippen LogP contribution in [0.1, 0.15) is 47.7 Å². The van der Waals surface area contributed by atoms with Crippen molar-refractivity contribution in [3.8, 4) is 22.8 Å². The quantitative estimate of drug-likeness (QED) is 0.292. The standard InChI is InChI=1S/C28H25N3O3/c1-3-18(2)20-9-11-21(12-10-20)25-15-23(22-6-4-5-7-24(22)30-25)28(32)31-29-16-19-8-13-26-27(14-19)34-17-33-26/h4-16,18H,3,17H2,1-2H3,(H,31,32)/t18-/m1/s1. The number of aromatic nitrogens is 1. The summed E-state index contributed by atoms with van der Waals surface area (Å²) in [6, 6.07) is 23.4. The predicted octanol–water partition coefficient (Wildman–Crippen LogP) is 5.91. The average Bonchev–Trinajstić information content (AvgIpc) is 3.35. The van der Waals surface area contributed by atoms with E-state index < -0.39 is 0 Å². The third-order valence-corrected chi connectivity index (χ3v) is 6.13. The minimum atomic E-state index is -0.298. The Morgan fingerprint density at radius 2 is 1.85 bits per heavy atom. The molecule has 4 aromatic rings. The van der Waals surface area contributed by atoms with Crippen LogP contribution in [0, 0.1) is 0 Å². The van der Waals surface area contributed by atoms with Crippen LogP contribution in [0.4, 0.5) is 0 Å². The molecule has 0 aliphatic carbocycles. The minimum absolute atomic E-state index is 0.213. The monoisotopic (exact) mass is 451 g/mol. The summed E-state index contributed by atoms with van der Waals surface area (Å²) >= 11 is 0. The Kier molecular flexibility index (Phi) is 5.95. The van der Waals surface area contributed by atoms with Gasteiger partial charge in [-0.05, 0) is 53.8 Å². The highest BCUT2D eigenvalue weighted by Gasteiger charge is 2.15. The van der Waals surface area contributed by atoms with Gasteiger partial charge in [-0.2, -0.15) is 5.10 Å². The normalized spacial score (nSPS) is 13.4. The number of hydrogen-bond acceptors (Lipinski definition) is 5. The SMILES string of the molecule is CC[C@@H](C)c1ccc(-c2cc(C(=O)NN=Cc3ccc4c(c3)OCO4)c3ccccc3n2)cc1. The van der Waals surface area contributed by atoms with E-state index in [0.29, 0.717) is 23.0 Å². The van der Waals surface area contributed by atoms with Crippen LogP contribution in [-0.2, 0) is 0 Å². The average molecular weight is 452 g/mol. The van der Waals surface area contributed by atoms with Gasteiger partial charge in [0.25, 0.3) is 5.91 Å². The van der Waals surface area contributed by atoms with Crippen LogP contribution in [0.5, 0.6) is 11.5 Å². The summed E-state index contributed by atoms with van der Waals surface area (Å²) in [5, 5.41) is 4.93. The number of para-hydroxylation sites is 1. The number of pyridine rings is 1. The smallest absolute Gasteiger partial charge is 0.272 e. The fourth-order valence-corrected chi connectivity index (χ4v) is 3.95. The number of ether oxygens (including phenoxy) is 2. The van der Waals surface area contributed by atoms with Gasteiger partial charge in [-0.3, -0.25) is 4.79 Å². The van der Waals surface area contributed by atoms with E-state index in [2.05, 4.69) is 48.6 Å². The van der Waals surface area contributed by atoms with Crippen LogP contribution in [0.25, 0.3) is 22.2 Å². The molecule has 34 heavy (non-hydrogen) atoms. The first kappa shape index (κ1) is 21.6. The second kappa shape index (κ2) is 9.35. The molecule has 0 spiro atoms. The first-order chi connectivity index (χ1) is 16.6. The highest BCUT2D eigenvalue weighted by molar-refractivity contribution is 6.07. The molecule has 3 aromatic carbocycles. The maximum Gasteiger partial charge on any atom is 0.272 e. The molecule has 0 fully saturated rings. The Hall–Kier alpha value is -4.19. The summed E-state index contributed by atoms with van der Waals surface area (Å²) in [5.74, 6) is 1.57. The maximum atomic E-state index is 13.1. The molecule has 0 saturated carbocycles. The Morgan fingerprint density at radius 3 is 2.68 bits per heavy atom. The second-order valence-corrected chi connectivity index (χ2v) is 8.32. The largest absolute Gasteiger partial charge is 0.454 e. The topological polar surface area (TPSA) is 72.8 Å². The predicted molar refractivity (Wildman–Crippen MR) is 134 cm³/mol. The zero-order chi connectivity index (χ0) is 23.5. The van der Waals surface area contributed by atoms with Crippen molar-refractivity contribution in [2.24, 2.45) is 5.10 Å². The maximum absolute atomic E-state index is 13.1. The number of fused-ring (bicyclic) bond motifs is 2. The summed E-state index contributed by atoms with van der Waals surface area (Å²) in [6.07, 6.45) is 2.67. The van der Waals surface area contributed by atoms with Gasteiger partial charge >= 0.3 is 0 Å². The molecule has 1 aliphatic rings. The highest BCUT2D eigenvalue weighted by Crippen LogP contribution is 2.32. The fraction of sp³-hybridized carbons (Fsp3) is 0.179. The molecule has 0 bridgehead atoms. The van der Waals surface area contributed by atoms with Gasteiger partial charge < -0.3 is 9.47 Å². The van der Waals surface area contributed by atoms with Gasteiger partial charge in [0.2, 0.25) is 6.79 Å². The van der Waals surface area contributed by atoms with Gasteiger partial charge in [-0.15, -0.1) is 0 Å².